The van der Waals surface area contributed by atoms with Crippen molar-refractivity contribution < 1.29 is 52.2 Å². The maximum absolute atomic E-state index is 13.1. The molecule has 346 valence electrons. The Hall–Kier alpha value is -5.60. The van der Waals surface area contributed by atoms with Gasteiger partial charge in [0.1, 0.15) is 36.3 Å². The first-order valence-corrected chi connectivity index (χ1v) is 22.5. The van der Waals surface area contributed by atoms with Crippen LogP contribution < -0.4 is 0 Å². The Morgan fingerprint density at radius 1 is 0.530 bits per heavy atom. The van der Waals surface area contributed by atoms with Crippen molar-refractivity contribution in [3.63, 3.8) is 0 Å². The predicted molar refractivity (Wildman–Crippen MR) is 250 cm³/mol. The van der Waals surface area contributed by atoms with Crippen molar-refractivity contribution in [1.29, 1.82) is 0 Å². The average Bonchev–Trinajstić information content (AvgIpc) is 3.68. The molecule has 7 rings (SSSR count). The van der Waals surface area contributed by atoms with Gasteiger partial charge in [-0.3, -0.25) is 4.79 Å². The first kappa shape index (κ1) is 48.3. The van der Waals surface area contributed by atoms with Crippen LogP contribution in [0.1, 0.15) is 47.6 Å². The van der Waals surface area contributed by atoms with Crippen molar-refractivity contribution in [3.8, 4) is 0 Å². The molecule has 11 heteroatoms. The fraction of sp³-hybridized carbons (Fsp3) is 0.345. The number of ketones is 1. The van der Waals surface area contributed by atoms with E-state index in [-0.39, 0.29) is 51.7 Å². The number of carbonyl (C=O) groups is 2. The minimum absolute atomic E-state index is 0.0325. The third kappa shape index (κ3) is 15.0. The molecule has 0 radical (unpaired) electrons. The summed E-state index contributed by atoms with van der Waals surface area (Å²) < 4.78 is 58.3. The van der Waals surface area contributed by atoms with Gasteiger partial charge in [-0.1, -0.05) is 158 Å². The quantitative estimate of drug-likeness (QED) is 0.0461. The maximum atomic E-state index is 13.1. The molecule has 66 heavy (non-hydrogen) atoms. The van der Waals surface area contributed by atoms with Crippen LogP contribution in [0.15, 0.2) is 164 Å². The lowest BCUT2D eigenvalue weighted by molar-refractivity contribution is -0.221. The number of fused-ring (bicyclic) bond motifs is 1. The standard InChI is InChI=1S/C55H60O11/c1-40(56)27-30-51(57)66-53-50(38-59-32-41-17-7-3-8-18-41)65-55(54(53)58-2)64-39-49(62-35-43-21-11-5-12-22-43)52(63-36-44-23-13-6-14-24-44)48(61-34-42-19-9-4-10-20-42)37-60-33-45-28-29-46-25-15-16-26-47(46)31-45/h3-26,28-29,31,48-50,52-55H,27,30,32-39H2,1-2H3/t48?,49?,50-,52?,53?,54?,55-/m1/s1. The molecule has 1 aliphatic rings. The molecule has 6 aromatic rings. The zero-order valence-electron chi connectivity index (χ0n) is 37.7. The van der Waals surface area contributed by atoms with Gasteiger partial charge in [0.25, 0.3) is 0 Å². The Morgan fingerprint density at radius 3 is 1.62 bits per heavy atom. The van der Waals surface area contributed by atoms with Gasteiger partial charge in [-0.2, -0.15) is 0 Å². The third-order valence-electron chi connectivity index (χ3n) is 11.3. The zero-order valence-corrected chi connectivity index (χ0v) is 37.7. The van der Waals surface area contributed by atoms with Crippen LogP contribution in [0.25, 0.3) is 10.8 Å². The average molecular weight is 897 g/mol. The summed E-state index contributed by atoms with van der Waals surface area (Å²) in [6.07, 6.45) is -5.62. The minimum atomic E-state index is -1.00. The molecule has 0 amide bonds. The molecule has 0 aromatic heterocycles. The number of hydrogen-bond donors (Lipinski definition) is 0. The van der Waals surface area contributed by atoms with Gasteiger partial charge in [0.05, 0.1) is 59.3 Å². The molecule has 11 nitrogen and oxygen atoms in total. The van der Waals surface area contributed by atoms with Crippen molar-refractivity contribution in [2.45, 2.75) is 95.7 Å². The highest BCUT2D eigenvalue weighted by Crippen LogP contribution is 2.30. The maximum Gasteiger partial charge on any atom is 0.306 e. The van der Waals surface area contributed by atoms with Crippen molar-refractivity contribution in [3.05, 3.63) is 192 Å². The molecule has 1 fully saturated rings. The molecule has 0 N–H and O–H groups in total. The van der Waals surface area contributed by atoms with Gasteiger partial charge in [-0.05, 0) is 51.6 Å². The van der Waals surface area contributed by atoms with E-state index in [1.54, 1.807) is 0 Å². The predicted octanol–water partition coefficient (Wildman–Crippen LogP) is 9.37. The second-order valence-corrected chi connectivity index (χ2v) is 16.4. The van der Waals surface area contributed by atoms with Gasteiger partial charge >= 0.3 is 5.97 Å². The summed E-state index contributed by atoms with van der Waals surface area (Å²) in [6.45, 7) is 3.12. The number of carbonyl (C=O) groups excluding carboxylic acids is 2. The Bertz CT molecular complexity index is 2330. The van der Waals surface area contributed by atoms with Crippen LogP contribution in [0.5, 0.6) is 0 Å². The summed E-state index contributed by atoms with van der Waals surface area (Å²) >= 11 is 0. The molecule has 6 aromatic carbocycles. The number of ether oxygens (including phenoxy) is 9. The fourth-order valence-corrected chi connectivity index (χ4v) is 7.77. The molecular weight excluding hydrogens is 837 g/mol. The minimum Gasteiger partial charge on any atom is -0.456 e. The SMILES string of the molecule is COC1C(OC(=O)CCC(C)=O)[C@@H](COCc2ccccc2)O[C@H]1OCC(OCc1ccccc1)C(OCc1ccccc1)C(COCc1ccc2ccccc2c1)OCc1ccccc1. The highest BCUT2D eigenvalue weighted by Gasteiger charge is 2.49. The van der Waals surface area contributed by atoms with Crippen LogP contribution in [0.2, 0.25) is 0 Å². The summed E-state index contributed by atoms with van der Waals surface area (Å²) in [6, 6.07) is 54.1. The molecule has 7 atom stereocenters. The lowest BCUT2D eigenvalue weighted by Crippen LogP contribution is -2.48. The summed E-state index contributed by atoms with van der Waals surface area (Å²) in [5, 5.41) is 2.29. The topological polar surface area (TPSA) is 117 Å². The number of Topliss-reactive ketones (excluding diaryl/α,β-unsaturated/α-hetero) is 1. The molecule has 1 aliphatic heterocycles. The number of hydrogen-bond acceptors (Lipinski definition) is 11. The van der Waals surface area contributed by atoms with Gasteiger partial charge in [-0.15, -0.1) is 0 Å². The molecule has 0 aliphatic carbocycles. The smallest absolute Gasteiger partial charge is 0.306 e. The van der Waals surface area contributed by atoms with E-state index in [1.165, 1.54) is 14.0 Å². The van der Waals surface area contributed by atoms with Gasteiger partial charge in [0, 0.05) is 13.5 Å². The number of methoxy groups -OCH3 is 1. The second kappa shape index (κ2) is 25.9. The van der Waals surface area contributed by atoms with E-state index in [0.29, 0.717) is 19.8 Å². The summed E-state index contributed by atoms with van der Waals surface area (Å²) in [7, 11) is 1.52. The monoisotopic (exact) mass is 896 g/mol. The first-order valence-electron chi connectivity index (χ1n) is 22.5. The van der Waals surface area contributed by atoms with Gasteiger partial charge in [-0.25, -0.2) is 0 Å². The van der Waals surface area contributed by atoms with Crippen molar-refractivity contribution in [2.75, 3.05) is 26.9 Å². The highest BCUT2D eigenvalue weighted by molar-refractivity contribution is 5.83. The lowest BCUT2D eigenvalue weighted by Gasteiger charge is -2.34. The van der Waals surface area contributed by atoms with Gasteiger partial charge in [0.2, 0.25) is 0 Å². The van der Waals surface area contributed by atoms with Crippen molar-refractivity contribution in [2.24, 2.45) is 0 Å². The summed E-state index contributed by atoms with van der Waals surface area (Å²) in [5.74, 6) is -0.660. The fourth-order valence-electron chi connectivity index (χ4n) is 7.77. The van der Waals surface area contributed by atoms with Crippen LogP contribution in [0.3, 0.4) is 0 Å². The molecule has 0 bridgehead atoms. The molecule has 0 spiro atoms. The highest BCUT2D eigenvalue weighted by atomic mass is 16.7. The normalized spacial score (nSPS) is 18.5. The molecule has 5 unspecified atom stereocenters. The number of rotatable bonds is 27. The Balaban J connectivity index is 1.15. The van der Waals surface area contributed by atoms with E-state index in [1.807, 2.05) is 133 Å². The van der Waals surface area contributed by atoms with E-state index in [4.69, 9.17) is 42.6 Å². The van der Waals surface area contributed by atoms with Crippen LogP contribution in [0, 0.1) is 0 Å². The van der Waals surface area contributed by atoms with Crippen molar-refractivity contribution in [1.82, 2.24) is 0 Å². The molecule has 0 saturated carbocycles. The summed E-state index contributed by atoms with van der Waals surface area (Å²) in [4.78, 5) is 24.9. The van der Waals surface area contributed by atoms with Crippen LogP contribution in [-0.2, 0) is 85.3 Å². The van der Waals surface area contributed by atoms with Gasteiger partial charge < -0.3 is 47.4 Å². The molecule has 1 saturated heterocycles. The van der Waals surface area contributed by atoms with Crippen molar-refractivity contribution >= 4 is 22.5 Å². The van der Waals surface area contributed by atoms with E-state index >= 15 is 0 Å². The Labute approximate surface area is 387 Å². The van der Waals surface area contributed by atoms with Crippen LogP contribution in [-0.4, -0.2) is 81.6 Å². The third-order valence-corrected chi connectivity index (χ3v) is 11.3. The molecule has 1 heterocycles. The number of esters is 1. The van der Waals surface area contributed by atoms with Crippen LogP contribution >= 0.6 is 0 Å². The van der Waals surface area contributed by atoms with E-state index in [2.05, 4.69) is 30.3 Å². The first-order chi connectivity index (χ1) is 32.4. The van der Waals surface area contributed by atoms with E-state index in [0.717, 1.165) is 38.6 Å². The Morgan fingerprint density at radius 2 is 1.05 bits per heavy atom. The van der Waals surface area contributed by atoms with E-state index < -0.39 is 48.9 Å². The zero-order chi connectivity index (χ0) is 45.8. The number of benzene rings is 6. The lowest BCUT2D eigenvalue weighted by atomic mass is 10.1. The van der Waals surface area contributed by atoms with Crippen LogP contribution in [0.4, 0.5) is 0 Å². The van der Waals surface area contributed by atoms with E-state index in [9.17, 15) is 9.59 Å². The second-order valence-electron chi connectivity index (χ2n) is 16.4. The van der Waals surface area contributed by atoms with Gasteiger partial charge in [0.15, 0.2) is 12.4 Å². The Kier molecular flexibility index (Phi) is 19.0. The summed E-state index contributed by atoms with van der Waals surface area (Å²) in [5.41, 5.74) is 4.92. The molecular formula is C55H60O11. The largest absolute Gasteiger partial charge is 0.456 e.